The molecule has 2 N–H and O–H groups in total. The van der Waals surface area contributed by atoms with E-state index in [0.717, 1.165) is 17.7 Å². The van der Waals surface area contributed by atoms with Gasteiger partial charge in [0.25, 0.3) is 0 Å². The molecule has 1 aromatic heterocycles. The Balaban J connectivity index is 1.87. The molecule has 0 aliphatic rings. The van der Waals surface area contributed by atoms with Crippen LogP contribution in [0.25, 0.3) is 0 Å². The Morgan fingerprint density at radius 2 is 1.95 bits per heavy atom. The zero-order chi connectivity index (χ0) is 14.9. The van der Waals surface area contributed by atoms with Crippen molar-refractivity contribution in [3.63, 3.8) is 0 Å². The smallest absolute Gasteiger partial charge is 0.138 e. The molecular formula is C17H18N2O2. The first-order chi connectivity index (χ1) is 10.3. The largest absolute Gasteiger partial charge is 0.497 e. The topological polar surface area (TPSA) is 57.4 Å². The van der Waals surface area contributed by atoms with Gasteiger partial charge in [-0.15, -0.1) is 0 Å². The van der Waals surface area contributed by atoms with Gasteiger partial charge in [0.15, 0.2) is 0 Å². The molecule has 21 heavy (non-hydrogen) atoms. The van der Waals surface area contributed by atoms with E-state index in [1.165, 1.54) is 5.56 Å². The summed E-state index contributed by atoms with van der Waals surface area (Å²) in [6, 6.07) is 9.82. The molecule has 0 saturated carbocycles. The van der Waals surface area contributed by atoms with E-state index < -0.39 is 0 Å². The molecule has 2 rings (SSSR count). The number of aromatic nitrogens is 1. The molecule has 108 valence electrons. The van der Waals surface area contributed by atoms with Crippen LogP contribution in [-0.2, 0) is 6.42 Å². The van der Waals surface area contributed by atoms with Crippen molar-refractivity contribution >= 4 is 0 Å². The molecule has 0 saturated heterocycles. The number of methoxy groups -OCH3 is 1. The normalized spacial score (nSPS) is 9.62. The minimum absolute atomic E-state index is 0.336. The number of rotatable bonds is 5. The number of hydrogen-bond donors (Lipinski definition) is 1. The van der Waals surface area contributed by atoms with Crippen molar-refractivity contribution < 1.29 is 9.47 Å². The van der Waals surface area contributed by atoms with Gasteiger partial charge in [-0.2, -0.15) is 0 Å². The highest BCUT2D eigenvalue weighted by atomic mass is 16.5. The quantitative estimate of drug-likeness (QED) is 0.852. The van der Waals surface area contributed by atoms with Crippen LogP contribution in [0.4, 0.5) is 0 Å². The highest BCUT2D eigenvalue weighted by molar-refractivity contribution is 5.37. The predicted octanol–water partition coefficient (Wildman–Crippen LogP) is 2.02. The second-order valence-electron chi connectivity index (χ2n) is 4.36. The Kier molecular flexibility index (Phi) is 5.62. The number of pyridine rings is 1. The highest BCUT2D eigenvalue weighted by Gasteiger charge is 1.98. The molecule has 0 bridgehead atoms. The van der Waals surface area contributed by atoms with Crippen LogP contribution in [0, 0.1) is 11.8 Å². The first kappa shape index (κ1) is 14.9. The third-order valence-corrected chi connectivity index (χ3v) is 2.87. The molecular weight excluding hydrogens is 264 g/mol. The fourth-order valence-corrected chi connectivity index (χ4v) is 1.80. The van der Waals surface area contributed by atoms with Gasteiger partial charge in [-0.3, -0.25) is 4.98 Å². The summed E-state index contributed by atoms with van der Waals surface area (Å²) in [5.41, 5.74) is 7.35. The van der Waals surface area contributed by atoms with Crippen molar-refractivity contribution in [2.24, 2.45) is 5.73 Å². The minimum atomic E-state index is 0.336. The number of nitrogens with two attached hydrogens (primary N) is 1. The minimum Gasteiger partial charge on any atom is -0.497 e. The molecule has 0 aliphatic carbocycles. The van der Waals surface area contributed by atoms with E-state index in [2.05, 4.69) is 16.8 Å². The fraction of sp³-hybridized carbons (Fsp3) is 0.235. The number of hydrogen-bond acceptors (Lipinski definition) is 4. The van der Waals surface area contributed by atoms with Crippen LogP contribution in [-0.4, -0.2) is 25.2 Å². The maximum Gasteiger partial charge on any atom is 0.138 e. The second-order valence-corrected chi connectivity index (χ2v) is 4.36. The summed E-state index contributed by atoms with van der Waals surface area (Å²) in [6.07, 6.45) is 4.20. The van der Waals surface area contributed by atoms with E-state index in [9.17, 15) is 0 Å². The molecule has 0 atom stereocenters. The van der Waals surface area contributed by atoms with Crippen molar-refractivity contribution in [3.05, 3.63) is 53.9 Å². The average molecular weight is 282 g/mol. The van der Waals surface area contributed by atoms with Crippen molar-refractivity contribution in [1.82, 2.24) is 4.98 Å². The number of nitrogens with zero attached hydrogens (tertiary/aromatic N) is 1. The van der Waals surface area contributed by atoms with E-state index in [1.54, 1.807) is 19.5 Å². The van der Waals surface area contributed by atoms with Crippen molar-refractivity contribution in [1.29, 1.82) is 0 Å². The summed E-state index contributed by atoms with van der Waals surface area (Å²) in [4.78, 5) is 4.10. The molecule has 0 amide bonds. The lowest BCUT2D eigenvalue weighted by Gasteiger charge is -2.07. The zero-order valence-electron chi connectivity index (χ0n) is 12.0. The lowest BCUT2D eigenvalue weighted by molar-refractivity contribution is 0.320. The van der Waals surface area contributed by atoms with Crippen LogP contribution >= 0.6 is 0 Å². The molecule has 0 spiro atoms. The van der Waals surface area contributed by atoms with Crippen LogP contribution in [0.2, 0.25) is 0 Å². The Morgan fingerprint density at radius 3 is 2.67 bits per heavy atom. The zero-order valence-corrected chi connectivity index (χ0v) is 12.0. The third kappa shape index (κ3) is 4.83. The van der Waals surface area contributed by atoms with Gasteiger partial charge in [-0.1, -0.05) is 24.0 Å². The van der Waals surface area contributed by atoms with E-state index >= 15 is 0 Å². The lowest BCUT2D eigenvalue weighted by Crippen LogP contribution is -2.02. The Morgan fingerprint density at radius 1 is 1.14 bits per heavy atom. The Bertz CT molecular complexity index is 627. The van der Waals surface area contributed by atoms with Crippen LogP contribution in [0.3, 0.4) is 0 Å². The van der Waals surface area contributed by atoms with Crippen molar-refractivity contribution in [2.75, 3.05) is 20.3 Å². The van der Waals surface area contributed by atoms with Gasteiger partial charge in [-0.25, -0.2) is 0 Å². The second kappa shape index (κ2) is 7.93. The molecule has 0 radical (unpaired) electrons. The van der Waals surface area contributed by atoms with E-state index in [4.69, 9.17) is 15.2 Å². The van der Waals surface area contributed by atoms with Gasteiger partial charge < -0.3 is 15.2 Å². The maximum absolute atomic E-state index is 5.69. The van der Waals surface area contributed by atoms with Gasteiger partial charge in [0.05, 0.1) is 26.5 Å². The fourth-order valence-electron chi connectivity index (χ4n) is 1.80. The molecule has 2 aromatic rings. The summed E-state index contributed by atoms with van der Waals surface area (Å²) in [5, 5.41) is 0. The average Bonchev–Trinajstić information content (AvgIpc) is 2.54. The monoisotopic (exact) mass is 282 g/mol. The molecule has 0 unspecified atom stereocenters. The summed E-state index contributed by atoms with van der Waals surface area (Å²) in [5.74, 6) is 7.30. The van der Waals surface area contributed by atoms with Gasteiger partial charge in [0.1, 0.15) is 11.5 Å². The van der Waals surface area contributed by atoms with Crippen LogP contribution in [0.1, 0.15) is 11.1 Å². The SMILES string of the molecule is COc1ccc(CCOc2cncc(C#CCN)c2)cc1. The predicted molar refractivity (Wildman–Crippen MR) is 82.4 cm³/mol. The van der Waals surface area contributed by atoms with Crippen LogP contribution < -0.4 is 15.2 Å². The first-order valence-electron chi connectivity index (χ1n) is 6.71. The molecule has 4 heteroatoms. The summed E-state index contributed by atoms with van der Waals surface area (Å²) in [7, 11) is 1.66. The van der Waals surface area contributed by atoms with E-state index in [0.29, 0.717) is 18.9 Å². The molecule has 4 nitrogen and oxygen atoms in total. The Hall–Kier alpha value is -2.51. The van der Waals surface area contributed by atoms with Gasteiger partial charge >= 0.3 is 0 Å². The van der Waals surface area contributed by atoms with Crippen molar-refractivity contribution in [2.45, 2.75) is 6.42 Å². The van der Waals surface area contributed by atoms with Gasteiger partial charge in [0, 0.05) is 18.2 Å². The summed E-state index contributed by atoms with van der Waals surface area (Å²) in [6.45, 7) is 0.921. The van der Waals surface area contributed by atoms with Crippen LogP contribution in [0.5, 0.6) is 11.5 Å². The standard InChI is InChI=1S/C17H18N2O2/c1-20-16-6-4-14(5-7-16)8-10-21-17-11-15(3-2-9-18)12-19-13-17/h4-7,11-13H,8-10,18H2,1H3. The summed E-state index contributed by atoms with van der Waals surface area (Å²) < 4.78 is 10.8. The number of ether oxygens (including phenoxy) is 2. The first-order valence-corrected chi connectivity index (χ1v) is 6.71. The van der Waals surface area contributed by atoms with Crippen LogP contribution in [0.15, 0.2) is 42.7 Å². The van der Waals surface area contributed by atoms with E-state index in [-0.39, 0.29) is 0 Å². The third-order valence-electron chi connectivity index (χ3n) is 2.87. The van der Waals surface area contributed by atoms with Crippen molar-refractivity contribution in [3.8, 4) is 23.3 Å². The van der Waals surface area contributed by atoms with Gasteiger partial charge in [0.2, 0.25) is 0 Å². The lowest BCUT2D eigenvalue weighted by atomic mass is 10.1. The summed E-state index contributed by atoms with van der Waals surface area (Å²) >= 11 is 0. The highest BCUT2D eigenvalue weighted by Crippen LogP contribution is 2.13. The van der Waals surface area contributed by atoms with E-state index in [1.807, 2.05) is 30.3 Å². The maximum atomic E-state index is 5.69. The molecule has 0 aliphatic heterocycles. The Labute approximate surface area is 124 Å². The number of benzene rings is 1. The van der Waals surface area contributed by atoms with Gasteiger partial charge in [-0.05, 0) is 23.8 Å². The molecule has 1 aromatic carbocycles. The molecule has 1 heterocycles. The molecule has 0 fully saturated rings.